The van der Waals surface area contributed by atoms with Crippen LogP contribution in [-0.2, 0) is 0 Å². The Morgan fingerprint density at radius 1 is 1.38 bits per heavy atom. The zero-order valence-electron chi connectivity index (χ0n) is 8.25. The highest BCUT2D eigenvalue weighted by molar-refractivity contribution is 7.12. The second-order valence-corrected chi connectivity index (χ2v) is 4.40. The lowest BCUT2D eigenvalue weighted by Gasteiger charge is -1.98. The van der Waals surface area contributed by atoms with E-state index in [0.717, 1.165) is 10.5 Å². The van der Waals surface area contributed by atoms with Crippen LogP contribution in [0.25, 0.3) is 16.2 Å². The molecule has 0 spiro atoms. The topological polar surface area (TPSA) is 56.5 Å². The van der Waals surface area contributed by atoms with Gasteiger partial charge in [-0.05, 0) is 6.92 Å². The van der Waals surface area contributed by atoms with E-state index >= 15 is 0 Å². The van der Waals surface area contributed by atoms with Gasteiger partial charge in [0.2, 0.25) is 5.13 Å². The van der Waals surface area contributed by atoms with Crippen molar-refractivity contribution in [2.75, 3.05) is 0 Å². The van der Waals surface area contributed by atoms with Gasteiger partial charge in [0.15, 0.2) is 5.65 Å². The van der Waals surface area contributed by atoms with E-state index in [9.17, 15) is 0 Å². The Balaban J connectivity index is 2.35. The van der Waals surface area contributed by atoms with Gasteiger partial charge in [0.25, 0.3) is 0 Å². The number of hydrogen-bond acceptors (Lipinski definition) is 5. The van der Waals surface area contributed by atoms with Gasteiger partial charge in [-0.1, -0.05) is 11.6 Å². The summed E-state index contributed by atoms with van der Waals surface area (Å²) in [5.41, 5.74) is 0.687. The average molecular weight is 252 g/mol. The van der Waals surface area contributed by atoms with Crippen molar-refractivity contribution in [1.82, 2.24) is 24.7 Å². The molecule has 0 aliphatic carbocycles. The maximum absolute atomic E-state index is 6.02. The maximum Gasteiger partial charge on any atom is 0.212 e. The van der Waals surface area contributed by atoms with E-state index in [0.29, 0.717) is 16.6 Å². The van der Waals surface area contributed by atoms with Crippen LogP contribution in [0, 0.1) is 6.92 Å². The van der Waals surface area contributed by atoms with Gasteiger partial charge >= 0.3 is 0 Å². The van der Waals surface area contributed by atoms with Crippen LogP contribution in [0.15, 0.2) is 17.8 Å². The smallest absolute Gasteiger partial charge is 0.212 e. The van der Waals surface area contributed by atoms with E-state index in [-0.39, 0.29) is 0 Å². The van der Waals surface area contributed by atoms with Gasteiger partial charge in [-0.3, -0.25) is 0 Å². The first-order valence-electron chi connectivity index (χ1n) is 4.53. The monoisotopic (exact) mass is 251 g/mol. The van der Waals surface area contributed by atoms with Crippen LogP contribution >= 0.6 is 22.9 Å². The van der Waals surface area contributed by atoms with Crippen molar-refractivity contribution in [3.8, 4) is 5.13 Å². The highest BCUT2D eigenvalue weighted by Crippen LogP contribution is 2.22. The summed E-state index contributed by atoms with van der Waals surface area (Å²) in [5.74, 6) is 0.621. The molecule has 0 fully saturated rings. The van der Waals surface area contributed by atoms with Crippen molar-refractivity contribution in [2.24, 2.45) is 0 Å². The fourth-order valence-corrected chi connectivity index (χ4v) is 2.29. The molecule has 0 amide bonds. The Kier molecular flexibility index (Phi) is 2.12. The number of rotatable bonds is 1. The molecule has 3 rings (SSSR count). The molecule has 0 saturated carbocycles. The molecule has 3 heterocycles. The van der Waals surface area contributed by atoms with Crippen LogP contribution in [0.3, 0.4) is 0 Å². The average Bonchev–Trinajstić information content (AvgIpc) is 2.83. The molecule has 0 aliphatic heterocycles. The molecule has 0 radical (unpaired) electrons. The summed E-state index contributed by atoms with van der Waals surface area (Å²) in [5, 5.41) is 8.03. The predicted molar refractivity (Wildman–Crippen MR) is 62.1 cm³/mol. The Morgan fingerprint density at radius 3 is 3.00 bits per heavy atom. The molecule has 80 valence electrons. The standard InChI is InChI=1S/C9H6ClN5S/c1-5-13-7(10)6-4-12-15(8(6)14-5)9-11-2-3-16-9/h2-4H,1H3. The van der Waals surface area contributed by atoms with Gasteiger partial charge in [-0.15, -0.1) is 11.3 Å². The number of thiazole rings is 1. The summed E-state index contributed by atoms with van der Waals surface area (Å²) in [6, 6.07) is 0. The molecule has 0 aromatic carbocycles. The quantitative estimate of drug-likeness (QED) is 0.623. The lowest BCUT2D eigenvalue weighted by molar-refractivity contribution is 0.879. The van der Waals surface area contributed by atoms with E-state index in [2.05, 4.69) is 20.1 Å². The van der Waals surface area contributed by atoms with Gasteiger partial charge in [0.05, 0.1) is 11.6 Å². The lowest BCUT2D eigenvalue weighted by atomic mass is 10.4. The molecular weight excluding hydrogens is 246 g/mol. The molecule has 0 unspecified atom stereocenters. The van der Waals surface area contributed by atoms with Crippen LogP contribution in [0.2, 0.25) is 5.15 Å². The largest absolute Gasteiger partial charge is 0.227 e. The third-order valence-corrected chi connectivity index (χ3v) is 3.13. The minimum Gasteiger partial charge on any atom is -0.227 e. The molecule has 0 saturated heterocycles. The van der Waals surface area contributed by atoms with Crippen molar-refractivity contribution in [1.29, 1.82) is 0 Å². The molecule has 16 heavy (non-hydrogen) atoms. The van der Waals surface area contributed by atoms with Crippen molar-refractivity contribution in [3.63, 3.8) is 0 Å². The zero-order valence-corrected chi connectivity index (χ0v) is 9.83. The first-order chi connectivity index (χ1) is 7.75. The molecule has 0 bridgehead atoms. The molecule has 7 heteroatoms. The van der Waals surface area contributed by atoms with Crippen LogP contribution in [-0.4, -0.2) is 24.7 Å². The number of aromatic nitrogens is 5. The number of fused-ring (bicyclic) bond motifs is 1. The Hall–Kier alpha value is -1.53. The van der Waals surface area contributed by atoms with Gasteiger partial charge in [0, 0.05) is 11.6 Å². The minimum atomic E-state index is 0.422. The molecule has 5 nitrogen and oxygen atoms in total. The number of nitrogens with zero attached hydrogens (tertiary/aromatic N) is 5. The number of hydrogen-bond donors (Lipinski definition) is 0. The molecule has 0 aliphatic rings. The summed E-state index contributed by atoms with van der Waals surface area (Å²) >= 11 is 7.51. The summed E-state index contributed by atoms with van der Waals surface area (Å²) in [6.07, 6.45) is 3.38. The highest BCUT2D eigenvalue weighted by atomic mass is 35.5. The first-order valence-corrected chi connectivity index (χ1v) is 5.79. The third-order valence-electron chi connectivity index (χ3n) is 2.09. The van der Waals surface area contributed by atoms with Crippen molar-refractivity contribution in [3.05, 3.63) is 28.8 Å². The minimum absolute atomic E-state index is 0.422. The summed E-state index contributed by atoms with van der Waals surface area (Å²) in [7, 11) is 0. The Labute approximate surface area is 99.7 Å². The molecule has 3 aromatic rings. The van der Waals surface area contributed by atoms with Crippen molar-refractivity contribution in [2.45, 2.75) is 6.92 Å². The van der Waals surface area contributed by atoms with Crippen LogP contribution in [0.4, 0.5) is 0 Å². The van der Waals surface area contributed by atoms with E-state index in [1.54, 1.807) is 24.0 Å². The van der Waals surface area contributed by atoms with E-state index in [1.165, 1.54) is 11.3 Å². The second-order valence-electron chi connectivity index (χ2n) is 3.17. The zero-order chi connectivity index (χ0) is 11.1. The van der Waals surface area contributed by atoms with Crippen LogP contribution in [0.5, 0.6) is 0 Å². The van der Waals surface area contributed by atoms with Gasteiger partial charge < -0.3 is 0 Å². The predicted octanol–water partition coefficient (Wildman–Crippen LogP) is 2.23. The van der Waals surface area contributed by atoms with E-state index in [1.807, 2.05) is 5.38 Å². The van der Waals surface area contributed by atoms with Crippen LogP contribution < -0.4 is 0 Å². The summed E-state index contributed by atoms with van der Waals surface area (Å²) < 4.78 is 1.67. The lowest BCUT2D eigenvalue weighted by Crippen LogP contribution is -1.98. The fraction of sp³-hybridized carbons (Fsp3) is 0.111. The SMILES string of the molecule is Cc1nc(Cl)c2cnn(-c3nccs3)c2n1. The Morgan fingerprint density at radius 2 is 2.25 bits per heavy atom. The van der Waals surface area contributed by atoms with E-state index < -0.39 is 0 Å². The number of aryl methyl sites for hydroxylation is 1. The third kappa shape index (κ3) is 1.38. The first kappa shape index (κ1) is 9.68. The normalized spacial score (nSPS) is 11.1. The van der Waals surface area contributed by atoms with Gasteiger partial charge in [-0.25, -0.2) is 15.0 Å². The molecule has 0 atom stereocenters. The Bertz CT molecular complexity index is 645. The molecule has 3 aromatic heterocycles. The highest BCUT2D eigenvalue weighted by Gasteiger charge is 2.12. The van der Waals surface area contributed by atoms with Gasteiger partial charge in [-0.2, -0.15) is 9.78 Å². The fourth-order valence-electron chi connectivity index (χ4n) is 1.44. The van der Waals surface area contributed by atoms with E-state index in [4.69, 9.17) is 11.6 Å². The second kappa shape index (κ2) is 3.50. The summed E-state index contributed by atoms with van der Waals surface area (Å²) in [6.45, 7) is 1.80. The maximum atomic E-state index is 6.02. The number of halogens is 1. The van der Waals surface area contributed by atoms with Crippen molar-refractivity contribution >= 4 is 34.0 Å². The molecular formula is C9H6ClN5S. The van der Waals surface area contributed by atoms with Crippen molar-refractivity contribution < 1.29 is 0 Å². The summed E-state index contributed by atoms with van der Waals surface area (Å²) in [4.78, 5) is 12.6. The van der Waals surface area contributed by atoms with Gasteiger partial charge in [0.1, 0.15) is 11.0 Å². The molecule has 0 N–H and O–H groups in total. The van der Waals surface area contributed by atoms with Crippen LogP contribution in [0.1, 0.15) is 5.82 Å².